The number of rotatable bonds is 7. The van der Waals surface area contributed by atoms with Crippen molar-refractivity contribution < 1.29 is 23.9 Å². The molecule has 0 bridgehead atoms. The van der Waals surface area contributed by atoms with Crippen LogP contribution >= 0.6 is 0 Å². The Morgan fingerprint density at radius 1 is 1.03 bits per heavy atom. The topological polar surface area (TPSA) is 88.2 Å². The van der Waals surface area contributed by atoms with E-state index in [1.807, 2.05) is 18.2 Å². The summed E-state index contributed by atoms with van der Waals surface area (Å²) in [6, 6.07) is 15.8. The van der Waals surface area contributed by atoms with E-state index in [0.29, 0.717) is 43.3 Å². The fraction of sp³-hybridized carbons (Fsp3) is 0.318. The van der Waals surface area contributed by atoms with E-state index in [1.165, 1.54) is 4.90 Å². The Bertz CT molecular complexity index is 881. The zero-order valence-electron chi connectivity index (χ0n) is 16.9. The molecular weight excluding hydrogens is 386 g/mol. The SMILES string of the molecule is CN(CC(=O)N1CCOCC1)C(=O)COc1ccccc1C(=O)Nc1ccccc1. The number of nitrogens with one attached hydrogen (secondary N) is 1. The Balaban J connectivity index is 1.55. The van der Waals surface area contributed by atoms with E-state index in [1.54, 1.807) is 48.3 Å². The summed E-state index contributed by atoms with van der Waals surface area (Å²) in [4.78, 5) is 40.3. The van der Waals surface area contributed by atoms with Crippen molar-refractivity contribution in [2.45, 2.75) is 0 Å². The van der Waals surface area contributed by atoms with Gasteiger partial charge in [-0.15, -0.1) is 0 Å². The summed E-state index contributed by atoms with van der Waals surface area (Å²) in [6.45, 7) is 1.77. The van der Waals surface area contributed by atoms with Crippen LogP contribution in [0.2, 0.25) is 0 Å². The molecule has 0 aliphatic carbocycles. The lowest BCUT2D eigenvalue weighted by Crippen LogP contribution is -2.46. The van der Waals surface area contributed by atoms with Gasteiger partial charge in [0.25, 0.3) is 11.8 Å². The molecule has 0 saturated carbocycles. The molecule has 30 heavy (non-hydrogen) atoms. The average Bonchev–Trinajstić information content (AvgIpc) is 2.78. The normalized spacial score (nSPS) is 13.4. The van der Waals surface area contributed by atoms with E-state index >= 15 is 0 Å². The number of hydrogen-bond donors (Lipinski definition) is 1. The number of para-hydroxylation sites is 2. The highest BCUT2D eigenvalue weighted by Gasteiger charge is 2.21. The molecule has 1 heterocycles. The second-order valence-corrected chi connectivity index (χ2v) is 6.85. The summed E-state index contributed by atoms with van der Waals surface area (Å²) in [7, 11) is 1.55. The number of benzene rings is 2. The first-order valence-electron chi connectivity index (χ1n) is 9.72. The summed E-state index contributed by atoms with van der Waals surface area (Å²) in [6.07, 6.45) is 0. The molecule has 1 saturated heterocycles. The van der Waals surface area contributed by atoms with E-state index in [2.05, 4.69) is 5.32 Å². The molecule has 1 N–H and O–H groups in total. The number of hydrogen-bond acceptors (Lipinski definition) is 5. The first kappa shape index (κ1) is 21.3. The Hall–Kier alpha value is -3.39. The van der Waals surface area contributed by atoms with Crippen LogP contribution in [-0.4, -0.2) is 74.0 Å². The van der Waals surface area contributed by atoms with E-state index in [9.17, 15) is 14.4 Å². The number of carbonyl (C=O) groups excluding carboxylic acids is 3. The third-order valence-electron chi connectivity index (χ3n) is 4.68. The Morgan fingerprint density at radius 2 is 1.70 bits per heavy atom. The Labute approximate surface area is 175 Å². The maximum atomic E-state index is 12.6. The molecule has 0 unspecified atom stereocenters. The minimum atomic E-state index is -0.352. The summed E-state index contributed by atoms with van der Waals surface area (Å²) in [5.74, 6) is -0.515. The van der Waals surface area contributed by atoms with E-state index < -0.39 is 0 Å². The molecule has 3 rings (SSSR count). The second kappa shape index (κ2) is 10.4. The standard InChI is InChI=1S/C22H25N3O5/c1-24(15-20(26)25-11-13-29-14-12-25)21(27)16-30-19-10-6-5-9-18(19)22(28)23-17-7-3-2-4-8-17/h2-10H,11-16H2,1H3,(H,23,28). The Morgan fingerprint density at radius 3 is 2.43 bits per heavy atom. The Kier molecular flexibility index (Phi) is 7.40. The molecule has 2 aromatic rings. The van der Waals surface area contributed by atoms with Crippen LogP contribution in [0.3, 0.4) is 0 Å². The number of amides is 3. The molecule has 3 amide bonds. The van der Waals surface area contributed by atoms with Gasteiger partial charge in [0.2, 0.25) is 5.91 Å². The number of ether oxygens (including phenoxy) is 2. The van der Waals surface area contributed by atoms with Crippen LogP contribution < -0.4 is 10.1 Å². The monoisotopic (exact) mass is 411 g/mol. The van der Waals surface area contributed by atoms with Crippen LogP contribution in [0.15, 0.2) is 54.6 Å². The largest absolute Gasteiger partial charge is 0.483 e. The lowest BCUT2D eigenvalue weighted by atomic mass is 10.2. The average molecular weight is 411 g/mol. The van der Waals surface area contributed by atoms with Crippen LogP contribution in [0.4, 0.5) is 5.69 Å². The van der Waals surface area contributed by atoms with Gasteiger partial charge in [-0.1, -0.05) is 30.3 Å². The lowest BCUT2D eigenvalue weighted by molar-refractivity contribution is -0.142. The molecule has 8 heteroatoms. The van der Waals surface area contributed by atoms with Crippen molar-refractivity contribution in [1.29, 1.82) is 0 Å². The smallest absolute Gasteiger partial charge is 0.260 e. The first-order chi connectivity index (χ1) is 14.5. The molecule has 2 aromatic carbocycles. The van der Waals surface area contributed by atoms with E-state index in [4.69, 9.17) is 9.47 Å². The third-order valence-corrected chi connectivity index (χ3v) is 4.68. The summed E-state index contributed by atoms with van der Waals surface area (Å²) in [5, 5.41) is 2.80. The molecule has 0 aromatic heterocycles. The highest BCUT2D eigenvalue weighted by Crippen LogP contribution is 2.20. The number of nitrogens with zero attached hydrogens (tertiary/aromatic N) is 2. The predicted octanol–water partition coefficient (Wildman–Crippen LogP) is 1.63. The van der Waals surface area contributed by atoms with Gasteiger partial charge in [-0.3, -0.25) is 14.4 Å². The van der Waals surface area contributed by atoms with Gasteiger partial charge < -0.3 is 24.6 Å². The summed E-state index contributed by atoms with van der Waals surface area (Å²) < 4.78 is 10.8. The van der Waals surface area contributed by atoms with Gasteiger partial charge in [0, 0.05) is 25.8 Å². The molecule has 1 fully saturated rings. The number of likely N-dealkylation sites (N-methyl/N-ethyl adjacent to an activating group) is 1. The lowest BCUT2D eigenvalue weighted by Gasteiger charge is -2.28. The van der Waals surface area contributed by atoms with Gasteiger partial charge >= 0.3 is 0 Å². The van der Waals surface area contributed by atoms with Crippen LogP contribution in [0.1, 0.15) is 10.4 Å². The zero-order chi connectivity index (χ0) is 21.3. The van der Waals surface area contributed by atoms with E-state index in [-0.39, 0.29) is 30.9 Å². The van der Waals surface area contributed by atoms with Crippen LogP contribution in [0.25, 0.3) is 0 Å². The highest BCUT2D eigenvalue weighted by molar-refractivity contribution is 6.06. The fourth-order valence-corrected chi connectivity index (χ4v) is 2.95. The minimum Gasteiger partial charge on any atom is -0.483 e. The number of morpholine rings is 1. The van der Waals surface area contributed by atoms with Gasteiger partial charge in [0.15, 0.2) is 6.61 Å². The van der Waals surface area contributed by atoms with E-state index in [0.717, 1.165) is 0 Å². The third kappa shape index (κ3) is 5.81. The van der Waals surface area contributed by atoms with Gasteiger partial charge in [-0.25, -0.2) is 0 Å². The van der Waals surface area contributed by atoms with Crippen molar-refractivity contribution >= 4 is 23.4 Å². The first-order valence-corrected chi connectivity index (χ1v) is 9.72. The molecule has 0 radical (unpaired) electrons. The van der Waals surface area contributed by atoms with Crippen molar-refractivity contribution in [1.82, 2.24) is 9.80 Å². The molecular formula is C22H25N3O5. The minimum absolute atomic E-state index is 0.0294. The van der Waals surface area contributed by atoms with Gasteiger partial charge in [-0.2, -0.15) is 0 Å². The molecule has 1 aliphatic rings. The molecule has 158 valence electrons. The van der Waals surface area contributed by atoms with Crippen LogP contribution in [0.5, 0.6) is 5.75 Å². The number of anilines is 1. The van der Waals surface area contributed by atoms with Gasteiger partial charge in [-0.05, 0) is 24.3 Å². The molecule has 0 atom stereocenters. The van der Waals surface area contributed by atoms with Crippen molar-refractivity contribution in [3.8, 4) is 5.75 Å². The predicted molar refractivity (Wildman–Crippen MR) is 111 cm³/mol. The molecule has 0 spiro atoms. The van der Waals surface area contributed by atoms with Crippen LogP contribution in [0, 0.1) is 0 Å². The van der Waals surface area contributed by atoms with Crippen molar-refractivity contribution in [3.05, 3.63) is 60.2 Å². The summed E-state index contributed by atoms with van der Waals surface area (Å²) >= 11 is 0. The van der Waals surface area contributed by atoms with Crippen LogP contribution in [-0.2, 0) is 14.3 Å². The van der Waals surface area contributed by atoms with Crippen molar-refractivity contribution in [3.63, 3.8) is 0 Å². The molecule has 8 nitrogen and oxygen atoms in total. The second-order valence-electron chi connectivity index (χ2n) is 6.85. The van der Waals surface area contributed by atoms with Crippen molar-refractivity contribution in [2.24, 2.45) is 0 Å². The highest BCUT2D eigenvalue weighted by atomic mass is 16.5. The zero-order valence-corrected chi connectivity index (χ0v) is 16.9. The number of carbonyl (C=O) groups is 3. The summed E-state index contributed by atoms with van der Waals surface area (Å²) in [5.41, 5.74) is 0.982. The van der Waals surface area contributed by atoms with Crippen molar-refractivity contribution in [2.75, 3.05) is 51.8 Å². The maximum Gasteiger partial charge on any atom is 0.260 e. The maximum absolute atomic E-state index is 12.6. The molecule has 1 aliphatic heterocycles. The quantitative estimate of drug-likeness (QED) is 0.748. The van der Waals surface area contributed by atoms with Gasteiger partial charge in [0.05, 0.1) is 25.3 Å². The van der Waals surface area contributed by atoms with Gasteiger partial charge in [0.1, 0.15) is 5.75 Å². The fourth-order valence-electron chi connectivity index (χ4n) is 2.95.